The van der Waals surface area contributed by atoms with Crippen LogP contribution in [0.2, 0.25) is 0 Å². The molecule has 0 aliphatic heterocycles. The number of hydrogen-bond acceptors (Lipinski definition) is 1. The molecule has 0 bridgehead atoms. The molecule has 0 saturated carbocycles. The summed E-state index contributed by atoms with van der Waals surface area (Å²) in [5, 5.41) is 5.20. The van der Waals surface area contributed by atoms with Crippen LogP contribution in [0, 0.1) is 0 Å². The summed E-state index contributed by atoms with van der Waals surface area (Å²) in [6.07, 6.45) is 12.0. The molecule has 0 saturated heterocycles. The Bertz CT molecular complexity index is 2250. The number of rotatable bonds is 3. The molecular formula is C40H28N2. The maximum atomic E-state index is 4.48. The fourth-order valence-electron chi connectivity index (χ4n) is 7.39. The van der Waals surface area contributed by atoms with Crippen molar-refractivity contribution >= 4 is 38.2 Å². The van der Waals surface area contributed by atoms with Crippen LogP contribution in [-0.2, 0) is 5.41 Å². The van der Waals surface area contributed by atoms with Gasteiger partial charge in [-0.25, -0.2) is 0 Å². The molecule has 0 amide bonds. The molecule has 1 atom stereocenters. The van der Waals surface area contributed by atoms with Gasteiger partial charge in [0.05, 0.1) is 17.2 Å². The normalized spacial score (nSPS) is 17.2. The van der Waals surface area contributed by atoms with Crippen molar-refractivity contribution in [3.05, 3.63) is 151 Å². The molecule has 2 aromatic heterocycles. The lowest BCUT2D eigenvalue weighted by Crippen LogP contribution is -2.20. The lowest BCUT2D eigenvalue weighted by Gasteiger charge is -2.30. The summed E-state index contributed by atoms with van der Waals surface area (Å²) in [4.78, 5) is 4.48. The van der Waals surface area contributed by atoms with Crippen molar-refractivity contribution in [2.24, 2.45) is 0 Å². The summed E-state index contributed by atoms with van der Waals surface area (Å²) in [6.45, 7) is 2.38. The van der Waals surface area contributed by atoms with Gasteiger partial charge in [0, 0.05) is 28.1 Å². The zero-order valence-electron chi connectivity index (χ0n) is 23.4. The molecule has 42 heavy (non-hydrogen) atoms. The summed E-state index contributed by atoms with van der Waals surface area (Å²) in [7, 11) is 0. The van der Waals surface area contributed by atoms with E-state index in [2.05, 4.69) is 144 Å². The number of benzene rings is 5. The van der Waals surface area contributed by atoms with E-state index in [1.165, 1.54) is 66.0 Å². The minimum absolute atomic E-state index is 0.127. The second-order valence-electron chi connectivity index (χ2n) is 11.9. The first-order valence-electron chi connectivity index (χ1n) is 14.7. The van der Waals surface area contributed by atoms with Crippen LogP contribution in [0.4, 0.5) is 0 Å². The number of fused-ring (bicyclic) bond motifs is 6. The third kappa shape index (κ3) is 3.24. The Labute approximate surface area is 244 Å². The third-order valence-corrected chi connectivity index (χ3v) is 9.41. The molecule has 0 spiro atoms. The molecule has 0 radical (unpaired) electrons. The second-order valence-corrected chi connectivity index (χ2v) is 11.9. The Hall–Kier alpha value is -5.21. The Morgan fingerprint density at radius 1 is 0.643 bits per heavy atom. The van der Waals surface area contributed by atoms with Gasteiger partial charge in [-0.15, -0.1) is 0 Å². The fourth-order valence-corrected chi connectivity index (χ4v) is 7.39. The van der Waals surface area contributed by atoms with Gasteiger partial charge in [0.1, 0.15) is 0 Å². The maximum Gasteiger partial charge on any atom is 0.0724 e. The molecule has 7 aromatic rings. The van der Waals surface area contributed by atoms with Gasteiger partial charge in [0.15, 0.2) is 0 Å². The van der Waals surface area contributed by atoms with Crippen LogP contribution in [-0.4, -0.2) is 9.55 Å². The third-order valence-electron chi connectivity index (χ3n) is 9.41. The van der Waals surface area contributed by atoms with Crippen molar-refractivity contribution in [2.75, 3.05) is 0 Å². The van der Waals surface area contributed by atoms with Crippen LogP contribution in [0.25, 0.3) is 66.1 Å². The zero-order chi connectivity index (χ0) is 27.8. The van der Waals surface area contributed by atoms with Crippen LogP contribution in [0.15, 0.2) is 140 Å². The molecule has 2 heteroatoms. The van der Waals surface area contributed by atoms with Crippen LogP contribution in [0.3, 0.4) is 0 Å². The van der Waals surface area contributed by atoms with Gasteiger partial charge in [-0.3, -0.25) is 4.98 Å². The molecule has 0 N–H and O–H groups in total. The summed E-state index contributed by atoms with van der Waals surface area (Å²) in [5.41, 5.74) is 12.7. The predicted molar refractivity (Wildman–Crippen MR) is 176 cm³/mol. The van der Waals surface area contributed by atoms with E-state index in [-0.39, 0.29) is 5.41 Å². The van der Waals surface area contributed by atoms with Crippen molar-refractivity contribution in [2.45, 2.75) is 18.8 Å². The highest BCUT2D eigenvalue weighted by Gasteiger charge is 2.29. The summed E-state index contributed by atoms with van der Waals surface area (Å²) in [6, 6.07) is 40.0. The number of nitrogens with zero attached hydrogens (tertiary/aromatic N) is 2. The van der Waals surface area contributed by atoms with Gasteiger partial charge >= 0.3 is 0 Å². The molecule has 2 nitrogen and oxygen atoms in total. The first kappa shape index (κ1) is 23.5. The Morgan fingerprint density at radius 3 is 2.26 bits per heavy atom. The number of pyridine rings is 1. The van der Waals surface area contributed by atoms with Gasteiger partial charge in [-0.2, -0.15) is 0 Å². The van der Waals surface area contributed by atoms with Crippen LogP contribution >= 0.6 is 0 Å². The minimum Gasteiger partial charge on any atom is -0.308 e. The molecule has 2 heterocycles. The second kappa shape index (κ2) is 8.64. The number of para-hydroxylation sites is 1. The smallest absolute Gasteiger partial charge is 0.0724 e. The van der Waals surface area contributed by atoms with E-state index in [1.807, 2.05) is 12.4 Å². The number of allylic oxidation sites excluding steroid dienone is 4. The van der Waals surface area contributed by atoms with Crippen molar-refractivity contribution in [1.29, 1.82) is 0 Å². The standard InChI is InChI=1S/C40H28N2/c1-40(27-16-19-37-36(23-27)32-20-22-41-25-38(32)42(37)28-10-3-2-4-11-28)21-8-9-26(24-40)29-17-18-35-31-13-6-5-12-30(31)34-15-7-14-33(29)39(34)35/h2-20,22-25H,21H2,1H3. The van der Waals surface area contributed by atoms with E-state index in [0.29, 0.717) is 0 Å². The molecule has 5 aromatic carbocycles. The lowest BCUT2D eigenvalue weighted by atomic mass is 9.74. The Balaban J connectivity index is 1.21. The summed E-state index contributed by atoms with van der Waals surface area (Å²) >= 11 is 0. The highest BCUT2D eigenvalue weighted by Crippen LogP contribution is 2.49. The van der Waals surface area contributed by atoms with Gasteiger partial charge in [0.2, 0.25) is 0 Å². The highest BCUT2D eigenvalue weighted by atomic mass is 15.0. The fraction of sp³-hybridized carbons (Fsp3) is 0.0750. The van der Waals surface area contributed by atoms with E-state index in [9.17, 15) is 0 Å². The molecule has 198 valence electrons. The zero-order valence-corrected chi connectivity index (χ0v) is 23.4. The number of aromatic nitrogens is 2. The van der Waals surface area contributed by atoms with Crippen molar-refractivity contribution < 1.29 is 0 Å². The van der Waals surface area contributed by atoms with E-state index in [0.717, 1.165) is 17.6 Å². The number of hydrogen-bond donors (Lipinski definition) is 0. The molecule has 1 unspecified atom stereocenters. The van der Waals surface area contributed by atoms with Gasteiger partial charge < -0.3 is 4.57 Å². The first-order chi connectivity index (χ1) is 20.7. The highest BCUT2D eigenvalue weighted by molar-refractivity contribution is 6.18. The van der Waals surface area contributed by atoms with Crippen molar-refractivity contribution in [1.82, 2.24) is 9.55 Å². The van der Waals surface area contributed by atoms with Gasteiger partial charge in [-0.05, 0) is 86.5 Å². The van der Waals surface area contributed by atoms with Crippen LogP contribution in [0.1, 0.15) is 24.5 Å². The van der Waals surface area contributed by atoms with Crippen molar-refractivity contribution in [3.63, 3.8) is 0 Å². The predicted octanol–water partition coefficient (Wildman–Crippen LogP) is 10.3. The molecule has 0 fully saturated rings. The summed E-state index contributed by atoms with van der Waals surface area (Å²) < 4.78 is 2.33. The largest absolute Gasteiger partial charge is 0.308 e. The van der Waals surface area contributed by atoms with Crippen molar-refractivity contribution in [3.8, 4) is 27.9 Å². The quantitative estimate of drug-likeness (QED) is 0.220. The minimum atomic E-state index is -0.127. The van der Waals surface area contributed by atoms with E-state index in [1.54, 1.807) is 0 Å². The van der Waals surface area contributed by atoms with Gasteiger partial charge in [0.25, 0.3) is 0 Å². The average Bonchev–Trinajstić information content (AvgIpc) is 3.55. The maximum absolute atomic E-state index is 4.48. The van der Waals surface area contributed by atoms with Crippen LogP contribution < -0.4 is 0 Å². The van der Waals surface area contributed by atoms with Crippen LogP contribution in [0.5, 0.6) is 0 Å². The SMILES string of the molecule is CC1(c2ccc3c(c2)c2ccncc2n3-c2ccccc2)C=C(c2ccc3c4c(cccc24)-c2ccccc2-3)C=CC1. The first-order valence-corrected chi connectivity index (χ1v) is 14.7. The topological polar surface area (TPSA) is 17.8 Å². The van der Waals surface area contributed by atoms with E-state index >= 15 is 0 Å². The molecular weight excluding hydrogens is 508 g/mol. The monoisotopic (exact) mass is 536 g/mol. The molecule has 9 rings (SSSR count). The lowest BCUT2D eigenvalue weighted by molar-refractivity contribution is 0.603. The van der Waals surface area contributed by atoms with Gasteiger partial charge in [-0.1, -0.05) is 104 Å². The molecule has 2 aliphatic rings. The Kier molecular flexibility index (Phi) is 4.83. The van der Waals surface area contributed by atoms with E-state index < -0.39 is 0 Å². The molecule has 2 aliphatic carbocycles. The van der Waals surface area contributed by atoms with E-state index in [4.69, 9.17) is 0 Å². The Morgan fingerprint density at radius 2 is 1.40 bits per heavy atom. The summed E-state index contributed by atoms with van der Waals surface area (Å²) in [5.74, 6) is 0. The average molecular weight is 537 g/mol.